The van der Waals surface area contributed by atoms with Crippen molar-refractivity contribution in [1.29, 1.82) is 0 Å². The minimum atomic E-state index is -4.02. The van der Waals surface area contributed by atoms with Gasteiger partial charge in [-0.1, -0.05) is 54.6 Å². The van der Waals surface area contributed by atoms with Crippen LogP contribution in [-0.4, -0.2) is 31.8 Å². The molecule has 2 amide bonds. The van der Waals surface area contributed by atoms with Gasteiger partial charge in [-0.3, -0.25) is 18.9 Å². The lowest BCUT2D eigenvalue weighted by Crippen LogP contribution is -2.38. The molecule has 3 aromatic carbocycles. The number of hydrogen-bond donors (Lipinski definition) is 2. The third kappa shape index (κ3) is 5.94. The average molecular weight is 501 g/mol. The van der Waals surface area contributed by atoms with Crippen LogP contribution in [0.3, 0.4) is 0 Å². The van der Waals surface area contributed by atoms with Crippen molar-refractivity contribution in [2.24, 2.45) is 0 Å². The smallest absolute Gasteiger partial charge is 0.264 e. The van der Waals surface area contributed by atoms with Gasteiger partial charge in [0.05, 0.1) is 21.8 Å². The van der Waals surface area contributed by atoms with Crippen LogP contribution in [0.15, 0.2) is 114 Å². The van der Waals surface area contributed by atoms with Crippen LogP contribution in [0.2, 0.25) is 0 Å². The topological polar surface area (TPSA) is 108 Å². The summed E-state index contributed by atoms with van der Waals surface area (Å²) < 4.78 is 27.8. The molecule has 1 heterocycles. The van der Waals surface area contributed by atoms with Crippen LogP contribution in [0.1, 0.15) is 15.9 Å². The van der Waals surface area contributed by atoms with Gasteiger partial charge in [-0.2, -0.15) is 0 Å². The summed E-state index contributed by atoms with van der Waals surface area (Å²) >= 11 is 0. The molecule has 0 atom stereocenters. The number of carbonyl (C=O) groups is 2. The van der Waals surface area contributed by atoms with Crippen molar-refractivity contribution >= 4 is 33.2 Å². The Morgan fingerprint density at radius 3 is 2.17 bits per heavy atom. The summed E-state index contributed by atoms with van der Waals surface area (Å²) in [6.07, 6.45) is 3.30. The van der Waals surface area contributed by atoms with Crippen LogP contribution in [0.4, 0.5) is 11.4 Å². The van der Waals surface area contributed by atoms with Gasteiger partial charge in [0.15, 0.2) is 0 Å². The number of carbonyl (C=O) groups excluding carboxylic acids is 2. The van der Waals surface area contributed by atoms with Crippen molar-refractivity contribution < 1.29 is 18.0 Å². The van der Waals surface area contributed by atoms with E-state index in [2.05, 4.69) is 15.6 Å². The summed E-state index contributed by atoms with van der Waals surface area (Å²) in [4.78, 5) is 30.0. The number of anilines is 2. The van der Waals surface area contributed by atoms with Crippen molar-refractivity contribution in [1.82, 2.24) is 10.3 Å². The van der Waals surface area contributed by atoms with Crippen LogP contribution >= 0.6 is 0 Å². The molecule has 2 N–H and O–H groups in total. The minimum absolute atomic E-state index is 0.0665. The van der Waals surface area contributed by atoms with Crippen LogP contribution in [-0.2, 0) is 21.4 Å². The molecule has 0 bridgehead atoms. The largest absolute Gasteiger partial charge is 0.348 e. The summed E-state index contributed by atoms with van der Waals surface area (Å²) in [5.74, 6) is -0.975. The molecule has 36 heavy (non-hydrogen) atoms. The number of rotatable bonds is 9. The predicted molar refractivity (Wildman–Crippen MR) is 138 cm³/mol. The van der Waals surface area contributed by atoms with Crippen molar-refractivity contribution in [3.8, 4) is 0 Å². The third-order valence-corrected chi connectivity index (χ3v) is 7.07. The molecule has 0 aliphatic rings. The monoisotopic (exact) mass is 500 g/mol. The number of sulfonamides is 1. The Labute approximate surface area is 209 Å². The van der Waals surface area contributed by atoms with E-state index in [4.69, 9.17) is 0 Å². The highest BCUT2D eigenvalue weighted by molar-refractivity contribution is 7.92. The second kappa shape index (κ2) is 11.3. The zero-order valence-electron chi connectivity index (χ0n) is 19.2. The van der Waals surface area contributed by atoms with Crippen LogP contribution in [0, 0.1) is 0 Å². The molecule has 0 aliphatic carbocycles. The fraction of sp³-hybridized carbons (Fsp3) is 0.0741. The lowest BCUT2D eigenvalue weighted by atomic mass is 10.1. The molecule has 0 radical (unpaired) electrons. The van der Waals surface area contributed by atoms with E-state index in [0.29, 0.717) is 5.69 Å². The lowest BCUT2D eigenvalue weighted by molar-refractivity contribution is -0.114. The van der Waals surface area contributed by atoms with Crippen molar-refractivity contribution in [3.63, 3.8) is 0 Å². The second-order valence-electron chi connectivity index (χ2n) is 7.80. The summed E-state index contributed by atoms with van der Waals surface area (Å²) in [6, 6.07) is 26.5. The number of aromatic nitrogens is 1. The molecular weight excluding hydrogens is 476 g/mol. The van der Waals surface area contributed by atoms with Crippen molar-refractivity contribution in [2.75, 3.05) is 16.2 Å². The molecule has 8 nitrogen and oxygen atoms in total. The molecule has 0 spiro atoms. The van der Waals surface area contributed by atoms with Gasteiger partial charge in [-0.25, -0.2) is 8.42 Å². The first kappa shape index (κ1) is 24.6. The van der Waals surface area contributed by atoms with Gasteiger partial charge >= 0.3 is 0 Å². The Hall–Kier alpha value is -4.50. The number of nitrogens with one attached hydrogen (secondary N) is 2. The first-order chi connectivity index (χ1) is 17.4. The van der Waals surface area contributed by atoms with Gasteiger partial charge in [0, 0.05) is 18.9 Å². The summed E-state index contributed by atoms with van der Waals surface area (Å²) in [6.45, 7) is -0.209. The maximum Gasteiger partial charge on any atom is 0.264 e. The van der Waals surface area contributed by atoms with Crippen molar-refractivity contribution in [3.05, 3.63) is 121 Å². The van der Waals surface area contributed by atoms with Gasteiger partial charge in [0.2, 0.25) is 5.91 Å². The molecule has 0 aliphatic heterocycles. The average Bonchev–Trinajstić information content (AvgIpc) is 2.92. The van der Waals surface area contributed by atoms with Crippen LogP contribution in [0.5, 0.6) is 0 Å². The Balaban J connectivity index is 1.53. The Kier molecular flexibility index (Phi) is 7.72. The van der Waals surface area contributed by atoms with E-state index >= 15 is 0 Å². The van der Waals surface area contributed by atoms with Crippen molar-refractivity contribution in [2.45, 2.75) is 11.4 Å². The summed E-state index contributed by atoms with van der Waals surface area (Å²) in [5, 5.41) is 5.50. The molecular formula is C27H24N4O4S. The fourth-order valence-electron chi connectivity index (χ4n) is 3.52. The first-order valence-electron chi connectivity index (χ1n) is 11.1. The minimum Gasteiger partial charge on any atom is -0.348 e. The number of benzene rings is 3. The molecule has 0 saturated heterocycles. The SMILES string of the molecule is O=C(CN(c1ccccc1)S(=O)(=O)c1ccccc1)Nc1ccccc1C(=O)NCc1cccnc1. The van der Waals surface area contributed by atoms with Crippen LogP contribution < -0.4 is 14.9 Å². The third-order valence-electron chi connectivity index (χ3n) is 5.28. The highest BCUT2D eigenvalue weighted by Crippen LogP contribution is 2.24. The standard InChI is InChI=1S/C27H24N4O4S/c32-26(20-31(22-11-3-1-4-12-22)36(34,35)23-13-5-2-6-14-23)30-25-16-8-7-15-24(25)27(33)29-19-21-10-9-17-28-18-21/h1-18H,19-20H2,(H,29,33)(H,30,32). The van der Waals surface area contributed by atoms with E-state index < -0.39 is 22.5 Å². The zero-order valence-corrected chi connectivity index (χ0v) is 20.1. The maximum absolute atomic E-state index is 13.4. The second-order valence-corrected chi connectivity index (χ2v) is 9.66. The van der Waals surface area contributed by atoms with E-state index in [1.165, 1.54) is 12.1 Å². The zero-order chi connectivity index (χ0) is 25.4. The number of pyridine rings is 1. The van der Waals surface area contributed by atoms with E-state index in [1.54, 1.807) is 91.3 Å². The van der Waals surface area contributed by atoms with E-state index in [-0.39, 0.29) is 28.6 Å². The molecule has 4 aromatic rings. The van der Waals surface area contributed by atoms with Gasteiger partial charge in [-0.15, -0.1) is 0 Å². The number of para-hydroxylation sites is 2. The number of hydrogen-bond acceptors (Lipinski definition) is 5. The van der Waals surface area contributed by atoms with E-state index in [0.717, 1.165) is 9.87 Å². The normalized spacial score (nSPS) is 10.9. The number of amides is 2. The maximum atomic E-state index is 13.4. The summed E-state index contributed by atoms with van der Waals surface area (Å²) in [7, 11) is -4.02. The highest BCUT2D eigenvalue weighted by Gasteiger charge is 2.27. The Morgan fingerprint density at radius 1 is 0.806 bits per heavy atom. The number of nitrogens with zero attached hydrogens (tertiary/aromatic N) is 2. The lowest BCUT2D eigenvalue weighted by Gasteiger charge is -2.24. The Bertz CT molecular complexity index is 1430. The quantitative estimate of drug-likeness (QED) is 0.363. The summed E-state index contributed by atoms with van der Waals surface area (Å²) in [5.41, 5.74) is 1.71. The van der Waals surface area contributed by atoms with E-state index in [1.807, 2.05) is 6.07 Å². The fourth-order valence-corrected chi connectivity index (χ4v) is 4.96. The first-order valence-corrected chi connectivity index (χ1v) is 12.6. The van der Waals surface area contributed by atoms with Gasteiger partial charge in [-0.05, 0) is 48.0 Å². The van der Waals surface area contributed by atoms with Gasteiger partial charge in [0.25, 0.3) is 15.9 Å². The molecule has 1 aromatic heterocycles. The molecule has 9 heteroatoms. The molecule has 182 valence electrons. The predicted octanol–water partition coefficient (Wildman–Crippen LogP) is 3.85. The Morgan fingerprint density at radius 2 is 1.47 bits per heavy atom. The molecule has 0 unspecified atom stereocenters. The highest BCUT2D eigenvalue weighted by atomic mass is 32.2. The van der Waals surface area contributed by atoms with Crippen LogP contribution in [0.25, 0.3) is 0 Å². The van der Waals surface area contributed by atoms with E-state index in [9.17, 15) is 18.0 Å². The molecule has 4 rings (SSSR count). The van der Waals surface area contributed by atoms with Gasteiger partial charge < -0.3 is 10.6 Å². The van der Waals surface area contributed by atoms with Gasteiger partial charge in [0.1, 0.15) is 6.54 Å². The molecule has 0 fully saturated rings. The molecule has 0 saturated carbocycles.